The van der Waals surface area contributed by atoms with Crippen molar-refractivity contribution >= 4 is 27.2 Å². The zero-order valence-electron chi connectivity index (χ0n) is 17.8. The first kappa shape index (κ1) is 21.3. The summed E-state index contributed by atoms with van der Waals surface area (Å²) in [5.74, 6) is 0.730. The van der Waals surface area contributed by atoms with Gasteiger partial charge in [-0.1, -0.05) is 24.3 Å². The van der Waals surface area contributed by atoms with Crippen LogP contribution in [0.3, 0.4) is 0 Å². The molecule has 1 N–H and O–H groups in total. The molecule has 170 valence electrons. The zero-order chi connectivity index (χ0) is 23.0. The number of hydrogen-bond acceptors (Lipinski definition) is 6. The third kappa shape index (κ3) is 4.11. The van der Waals surface area contributed by atoms with Crippen LogP contribution in [0.4, 0.5) is 18.9 Å². The second-order valence-electron chi connectivity index (χ2n) is 7.75. The molecule has 0 aliphatic carbocycles. The van der Waals surface area contributed by atoms with E-state index in [0.717, 1.165) is 29.9 Å². The van der Waals surface area contributed by atoms with Crippen molar-refractivity contribution in [3.63, 3.8) is 0 Å². The number of aromatic nitrogens is 2. The summed E-state index contributed by atoms with van der Waals surface area (Å²) in [5.41, 5.74) is -0.387. The Balaban J connectivity index is 1.71. The van der Waals surface area contributed by atoms with Crippen LogP contribution in [0.2, 0.25) is 0 Å². The SMILES string of the molecule is COc1cc(Oc2nc(C(F)(F)F)cc3c(N4CCNCC4)cncc23)c2ccccc2c1. The molecule has 0 saturated carbocycles. The number of halogens is 3. The standard InChI is InChI=1S/C24H21F3N4O2/c1-32-16-10-15-4-2-3-5-17(15)21(11-16)33-23-19-13-29-14-20(31-8-6-28-7-9-31)18(19)12-22(30-23)24(25,26)27/h2-5,10-14,28H,6-9H2,1H3. The molecule has 0 amide bonds. The molecular formula is C24H21F3N4O2. The van der Waals surface area contributed by atoms with Crippen LogP contribution < -0.4 is 19.7 Å². The molecule has 6 nitrogen and oxygen atoms in total. The first-order valence-corrected chi connectivity index (χ1v) is 10.5. The monoisotopic (exact) mass is 454 g/mol. The summed E-state index contributed by atoms with van der Waals surface area (Å²) in [6, 6.07) is 12.0. The number of hydrogen-bond donors (Lipinski definition) is 1. The van der Waals surface area contributed by atoms with E-state index in [0.29, 0.717) is 41.0 Å². The van der Waals surface area contributed by atoms with E-state index in [2.05, 4.69) is 15.3 Å². The Hall–Kier alpha value is -3.59. The van der Waals surface area contributed by atoms with Gasteiger partial charge in [-0.15, -0.1) is 0 Å². The second kappa shape index (κ2) is 8.40. The number of ether oxygens (including phenoxy) is 2. The molecular weight excluding hydrogens is 433 g/mol. The van der Waals surface area contributed by atoms with Crippen molar-refractivity contribution in [3.05, 3.63) is 60.6 Å². The van der Waals surface area contributed by atoms with E-state index in [9.17, 15) is 13.2 Å². The number of rotatable bonds is 4. The van der Waals surface area contributed by atoms with Crippen molar-refractivity contribution in [3.8, 4) is 17.4 Å². The minimum absolute atomic E-state index is 0.150. The number of nitrogens with zero attached hydrogens (tertiary/aromatic N) is 3. The summed E-state index contributed by atoms with van der Waals surface area (Å²) in [7, 11) is 1.52. The van der Waals surface area contributed by atoms with E-state index in [-0.39, 0.29) is 5.88 Å². The van der Waals surface area contributed by atoms with Crippen LogP contribution in [-0.2, 0) is 6.18 Å². The summed E-state index contributed by atoms with van der Waals surface area (Å²) in [5, 5.41) is 5.63. The van der Waals surface area contributed by atoms with Crippen LogP contribution in [0.1, 0.15) is 5.69 Å². The summed E-state index contributed by atoms with van der Waals surface area (Å²) in [6.07, 6.45) is -1.54. The average Bonchev–Trinajstić information content (AvgIpc) is 2.83. The maximum atomic E-state index is 13.8. The second-order valence-corrected chi connectivity index (χ2v) is 7.75. The van der Waals surface area contributed by atoms with Gasteiger partial charge in [0.1, 0.15) is 17.2 Å². The summed E-state index contributed by atoms with van der Waals surface area (Å²) >= 11 is 0. The third-order valence-corrected chi connectivity index (χ3v) is 5.69. The van der Waals surface area contributed by atoms with Crippen molar-refractivity contribution in [2.24, 2.45) is 0 Å². The van der Waals surface area contributed by atoms with Crippen LogP contribution in [0.25, 0.3) is 21.5 Å². The van der Waals surface area contributed by atoms with E-state index in [1.807, 2.05) is 35.2 Å². The Morgan fingerprint density at radius 3 is 2.52 bits per heavy atom. The lowest BCUT2D eigenvalue weighted by molar-refractivity contribution is -0.141. The maximum Gasteiger partial charge on any atom is 0.433 e. The van der Waals surface area contributed by atoms with Crippen LogP contribution in [-0.4, -0.2) is 43.3 Å². The van der Waals surface area contributed by atoms with Gasteiger partial charge < -0.3 is 19.7 Å². The van der Waals surface area contributed by atoms with Crippen molar-refractivity contribution in [2.75, 3.05) is 38.2 Å². The minimum Gasteiger partial charge on any atom is -0.497 e. The van der Waals surface area contributed by atoms with Gasteiger partial charge in [0.2, 0.25) is 5.88 Å². The van der Waals surface area contributed by atoms with E-state index < -0.39 is 11.9 Å². The van der Waals surface area contributed by atoms with Gasteiger partial charge in [0.25, 0.3) is 0 Å². The molecule has 9 heteroatoms. The lowest BCUT2D eigenvalue weighted by Crippen LogP contribution is -2.43. The van der Waals surface area contributed by atoms with Gasteiger partial charge in [0.05, 0.1) is 24.4 Å². The van der Waals surface area contributed by atoms with E-state index >= 15 is 0 Å². The number of nitrogens with one attached hydrogen (secondary N) is 1. The van der Waals surface area contributed by atoms with E-state index in [1.54, 1.807) is 12.3 Å². The van der Waals surface area contributed by atoms with Crippen molar-refractivity contribution in [2.45, 2.75) is 6.18 Å². The fourth-order valence-corrected chi connectivity index (χ4v) is 4.06. The van der Waals surface area contributed by atoms with E-state index in [1.165, 1.54) is 13.3 Å². The number of anilines is 1. The summed E-state index contributed by atoms with van der Waals surface area (Å²) < 4.78 is 52.8. The third-order valence-electron chi connectivity index (χ3n) is 5.69. The molecule has 1 saturated heterocycles. The van der Waals surface area contributed by atoms with E-state index in [4.69, 9.17) is 9.47 Å². The fraction of sp³-hybridized carbons (Fsp3) is 0.250. The Morgan fingerprint density at radius 1 is 0.970 bits per heavy atom. The summed E-state index contributed by atoms with van der Waals surface area (Å²) in [4.78, 5) is 10.2. The average molecular weight is 454 g/mol. The molecule has 1 fully saturated rings. The quantitative estimate of drug-likeness (QED) is 0.468. The van der Waals surface area contributed by atoms with Crippen LogP contribution in [0, 0.1) is 0 Å². The molecule has 1 aliphatic rings. The molecule has 1 aliphatic heterocycles. The minimum atomic E-state index is -4.63. The number of pyridine rings is 2. The number of piperazine rings is 1. The Labute approximate surface area is 188 Å². The molecule has 2 aromatic heterocycles. The fourth-order valence-electron chi connectivity index (χ4n) is 4.06. The predicted octanol–water partition coefficient (Wildman–Crippen LogP) is 5.01. The largest absolute Gasteiger partial charge is 0.497 e. The van der Waals surface area contributed by atoms with Crippen LogP contribution in [0.15, 0.2) is 54.9 Å². The number of methoxy groups -OCH3 is 1. The van der Waals surface area contributed by atoms with Gasteiger partial charge in [-0.2, -0.15) is 13.2 Å². The highest BCUT2D eigenvalue weighted by atomic mass is 19.4. The van der Waals surface area contributed by atoms with Gasteiger partial charge in [-0.05, 0) is 17.5 Å². The highest BCUT2D eigenvalue weighted by molar-refractivity contribution is 5.97. The zero-order valence-corrected chi connectivity index (χ0v) is 17.8. The number of alkyl halides is 3. The van der Waals surface area contributed by atoms with Crippen LogP contribution in [0.5, 0.6) is 17.4 Å². The molecule has 0 radical (unpaired) electrons. The lowest BCUT2D eigenvalue weighted by atomic mass is 10.1. The molecule has 33 heavy (non-hydrogen) atoms. The van der Waals surface area contributed by atoms with Gasteiger partial charge >= 0.3 is 6.18 Å². The molecule has 0 unspecified atom stereocenters. The van der Waals surface area contributed by atoms with Gasteiger partial charge in [-0.25, -0.2) is 4.98 Å². The maximum absolute atomic E-state index is 13.8. The van der Waals surface area contributed by atoms with Crippen molar-refractivity contribution in [1.29, 1.82) is 0 Å². The summed E-state index contributed by atoms with van der Waals surface area (Å²) in [6.45, 7) is 2.82. The topological polar surface area (TPSA) is 59.5 Å². The Kier molecular flexibility index (Phi) is 5.41. The van der Waals surface area contributed by atoms with Gasteiger partial charge in [-0.3, -0.25) is 4.98 Å². The highest BCUT2D eigenvalue weighted by Gasteiger charge is 2.34. The molecule has 4 aromatic rings. The van der Waals surface area contributed by atoms with Crippen LogP contribution >= 0.6 is 0 Å². The first-order valence-electron chi connectivity index (χ1n) is 10.5. The lowest BCUT2D eigenvalue weighted by Gasteiger charge is -2.30. The molecule has 0 atom stereocenters. The molecule has 2 aromatic carbocycles. The molecule has 5 rings (SSSR count). The molecule has 3 heterocycles. The normalized spacial score (nSPS) is 14.6. The van der Waals surface area contributed by atoms with Gasteiger partial charge in [0.15, 0.2) is 0 Å². The number of fused-ring (bicyclic) bond motifs is 2. The van der Waals surface area contributed by atoms with Gasteiger partial charge in [0, 0.05) is 49.2 Å². The Bertz CT molecular complexity index is 1320. The molecule has 0 spiro atoms. The smallest absolute Gasteiger partial charge is 0.433 e. The molecule has 0 bridgehead atoms. The number of benzene rings is 2. The van der Waals surface area contributed by atoms with Crippen molar-refractivity contribution in [1.82, 2.24) is 15.3 Å². The highest BCUT2D eigenvalue weighted by Crippen LogP contribution is 2.40. The van der Waals surface area contributed by atoms with Crippen molar-refractivity contribution < 1.29 is 22.6 Å². The Morgan fingerprint density at radius 2 is 1.76 bits per heavy atom. The first-order chi connectivity index (χ1) is 15.9. The predicted molar refractivity (Wildman–Crippen MR) is 120 cm³/mol.